The van der Waals surface area contributed by atoms with Crippen LogP contribution in [0, 0.1) is 6.92 Å². The molecule has 0 radical (unpaired) electrons. The standard InChI is InChI=1S/C29H32ClN3O3S/c1-6-35-24-15-19(14-22(30)27(24)36-17-26(34)33-29(3,4)5)16-31-21-10-8-20(9-11-21)28-32-23-12-7-18(2)13-25(23)37-28/h7-15,31H,6,16-17H2,1-5H3,(H,33,34). The first-order valence-corrected chi connectivity index (χ1v) is 13.4. The highest BCUT2D eigenvalue weighted by molar-refractivity contribution is 7.21. The molecule has 0 spiro atoms. The highest BCUT2D eigenvalue weighted by atomic mass is 35.5. The summed E-state index contributed by atoms with van der Waals surface area (Å²) in [7, 11) is 0. The van der Waals surface area contributed by atoms with Crippen molar-refractivity contribution in [2.45, 2.75) is 46.7 Å². The van der Waals surface area contributed by atoms with E-state index in [-0.39, 0.29) is 18.1 Å². The van der Waals surface area contributed by atoms with E-state index < -0.39 is 0 Å². The molecule has 6 nitrogen and oxygen atoms in total. The van der Waals surface area contributed by atoms with E-state index in [0.717, 1.165) is 27.3 Å². The third-order valence-electron chi connectivity index (χ3n) is 5.40. The number of aromatic nitrogens is 1. The van der Waals surface area contributed by atoms with Gasteiger partial charge in [0.15, 0.2) is 18.1 Å². The van der Waals surface area contributed by atoms with Crippen LogP contribution in [0.2, 0.25) is 5.02 Å². The molecule has 194 valence electrons. The number of halogens is 1. The van der Waals surface area contributed by atoms with Crippen LogP contribution >= 0.6 is 22.9 Å². The number of nitrogens with one attached hydrogen (secondary N) is 2. The molecule has 0 bridgehead atoms. The van der Waals surface area contributed by atoms with Gasteiger partial charge in [0, 0.05) is 23.3 Å². The predicted octanol–water partition coefficient (Wildman–Crippen LogP) is 7.23. The maximum atomic E-state index is 12.2. The summed E-state index contributed by atoms with van der Waals surface area (Å²) in [5, 5.41) is 7.70. The number of carbonyl (C=O) groups excluding carboxylic acids is 1. The van der Waals surface area contributed by atoms with E-state index in [9.17, 15) is 4.79 Å². The molecule has 1 amide bonds. The molecule has 0 atom stereocenters. The van der Waals surface area contributed by atoms with Crippen LogP contribution < -0.4 is 20.1 Å². The maximum absolute atomic E-state index is 12.2. The number of benzene rings is 3. The molecule has 0 saturated carbocycles. The Morgan fingerprint density at radius 1 is 1.05 bits per heavy atom. The molecule has 3 aromatic carbocycles. The molecule has 0 saturated heterocycles. The van der Waals surface area contributed by atoms with Gasteiger partial charge in [0.1, 0.15) is 5.01 Å². The number of aryl methyl sites for hydroxylation is 1. The average molecular weight is 538 g/mol. The van der Waals surface area contributed by atoms with Crippen molar-refractivity contribution in [1.82, 2.24) is 10.3 Å². The molecule has 4 rings (SSSR count). The molecule has 0 aliphatic rings. The molecular formula is C29H32ClN3O3S. The lowest BCUT2D eigenvalue weighted by Crippen LogP contribution is -2.43. The number of hydrogen-bond donors (Lipinski definition) is 2. The highest BCUT2D eigenvalue weighted by Crippen LogP contribution is 2.37. The molecule has 0 fully saturated rings. The summed E-state index contributed by atoms with van der Waals surface area (Å²) >= 11 is 8.23. The number of ether oxygens (including phenoxy) is 2. The van der Waals surface area contributed by atoms with Crippen LogP contribution in [0.5, 0.6) is 11.5 Å². The molecule has 4 aromatic rings. The topological polar surface area (TPSA) is 72.5 Å². The van der Waals surface area contributed by atoms with Crippen LogP contribution in [0.15, 0.2) is 54.6 Å². The zero-order valence-corrected chi connectivity index (χ0v) is 23.3. The maximum Gasteiger partial charge on any atom is 0.258 e. The highest BCUT2D eigenvalue weighted by Gasteiger charge is 2.17. The van der Waals surface area contributed by atoms with Crippen molar-refractivity contribution < 1.29 is 14.3 Å². The number of nitrogens with zero attached hydrogens (tertiary/aromatic N) is 1. The van der Waals surface area contributed by atoms with Gasteiger partial charge in [-0.2, -0.15) is 0 Å². The van der Waals surface area contributed by atoms with Crippen molar-refractivity contribution in [3.05, 3.63) is 70.7 Å². The molecule has 2 N–H and O–H groups in total. The average Bonchev–Trinajstić information content (AvgIpc) is 3.25. The minimum Gasteiger partial charge on any atom is -0.490 e. The van der Waals surface area contributed by atoms with Gasteiger partial charge in [0.25, 0.3) is 5.91 Å². The quantitative estimate of drug-likeness (QED) is 0.235. The first-order valence-electron chi connectivity index (χ1n) is 12.2. The number of amides is 1. The lowest BCUT2D eigenvalue weighted by atomic mass is 10.1. The summed E-state index contributed by atoms with van der Waals surface area (Å²) in [5.74, 6) is 0.657. The van der Waals surface area contributed by atoms with Gasteiger partial charge < -0.3 is 20.1 Å². The second-order valence-corrected chi connectivity index (χ2v) is 11.3. The molecule has 1 heterocycles. The molecule has 37 heavy (non-hydrogen) atoms. The van der Waals surface area contributed by atoms with E-state index in [0.29, 0.717) is 29.7 Å². The van der Waals surface area contributed by atoms with Gasteiger partial charge in [0.05, 0.1) is 21.8 Å². The summed E-state index contributed by atoms with van der Waals surface area (Å²) in [5.41, 5.74) is 4.92. The number of carbonyl (C=O) groups is 1. The van der Waals surface area contributed by atoms with Gasteiger partial charge in [-0.15, -0.1) is 11.3 Å². The Balaban J connectivity index is 1.42. The fourth-order valence-corrected chi connectivity index (χ4v) is 5.17. The Bertz CT molecular complexity index is 1390. The Hall–Kier alpha value is -3.29. The van der Waals surface area contributed by atoms with Gasteiger partial charge in [-0.05, 0) is 94.3 Å². The minimum atomic E-state index is -0.339. The van der Waals surface area contributed by atoms with Crippen LogP contribution in [0.3, 0.4) is 0 Å². The summed E-state index contributed by atoms with van der Waals surface area (Å²) in [6.07, 6.45) is 0. The lowest BCUT2D eigenvalue weighted by Gasteiger charge is -2.21. The first kappa shape index (κ1) is 26.8. The van der Waals surface area contributed by atoms with Crippen LogP contribution in [-0.4, -0.2) is 29.6 Å². The van der Waals surface area contributed by atoms with E-state index in [1.165, 1.54) is 10.3 Å². The number of hydrogen-bond acceptors (Lipinski definition) is 6. The van der Waals surface area contributed by atoms with Crippen LogP contribution in [-0.2, 0) is 11.3 Å². The first-order chi connectivity index (χ1) is 17.6. The van der Waals surface area contributed by atoms with Crippen molar-refractivity contribution >= 4 is 44.7 Å². The summed E-state index contributed by atoms with van der Waals surface area (Å²) in [6, 6.07) is 18.3. The Morgan fingerprint density at radius 3 is 2.51 bits per heavy atom. The van der Waals surface area contributed by atoms with Crippen molar-refractivity contribution in [2.24, 2.45) is 0 Å². The summed E-state index contributed by atoms with van der Waals surface area (Å²) in [4.78, 5) is 16.9. The van der Waals surface area contributed by atoms with E-state index in [2.05, 4.69) is 47.9 Å². The van der Waals surface area contributed by atoms with Crippen molar-refractivity contribution in [2.75, 3.05) is 18.5 Å². The molecular weight excluding hydrogens is 506 g/mol. The van der Waals surface area contributed by atoms with E-state index >= 15 is 0 Å². The zero-order valence-electron chi connectivity index (χ0n) is 21.8. The van der Waals surface area contributed by atoms with E-state index in [1.54, 1.807) is 11.3 Å². The number of rotatable bonds is 9. The van der Waals surface area contributed by atoms with Crippen molar-refractivity contribution in [3.8, 4) is 22.1 Å². The van der Waals surface area contributed by atoms with Crippen LogP contribution in [0.4, 0.5) is 5.69 Å². The third-order valence-corrected chi connectivity index (χ3v) is 6.75. The van der Waals surface area contributed by atoms with Gasteiger partial charge in [-0.25, -0.2) is 4.98 Å². The van der Waals surface area contributed by atoms with Crippen LogP contribution in [0.1, 0.15) is 38.8 Å². The second kappa shape index (κ2) is 11.4. The molecule has 8 heteroatoms. The molecule has 0 unspecified atom stereocenters. The summed E-state index contributed by atoms with van der Waals surface area (Å²) in [6.45, 7) is 10.6. The Labute approximate surface area is 227 Å². The largest absolute Gasteiger partial charge is 0.490 e. The Kier molecular flexibility index (Phi) is 8.25. The molecule has 1 aromatic heterocycles. The molecule has 0 aliphatic heterocycles. The van der Waals surface area contributed by atoms with Crippen LogP contribution in [0.25, 0.3) is 20.8 Å². The smallest absolute Gasteiger partial charge is 0.258 e. The number of thiazole rings is 1. The third kappa shape index (κ3) is 7.14. The minimum absolute atomic E-state index is 0.144. The number of anilines is 1. The SMILES string of the molecule is CCOc1cc(CNc2ccc(-c3nc4ccc(C)cc4s3)cc2)cc(Cl)c1OCC(=O)NC(C)(C)C. The fraction of sp³-hybridized carbons (Fsp3) is 0.310. The van der Waals surface area contributed by atoms with Gasteiger partial charge >= 0.3 is 0 Å². The molecule has 0 aliphatic carbocycles. The normalized spacial score (nSPS) is 11.4. The second-order valence-electron chi connectivity index (χ2n) is 9.85. The van der Waals surface area contributed by atoms with Gasteiger partial charge in [-0.1, -0.05) is 17.7 Å². The van der Waals surface area contributed by atoms with Gasteiger partial charge in [0.2, 0.25) is 0 Å². The summed E-state index contributed by atoms with van der Waals surface area (Å²) < 4.78 is 12.7. The fourth-order valence-electron chi connectivity index (χ4n) is 3.81. The van der Waals surface area contributed by atoms with E-state index in [4.69, 9.17) is 26.1 Å². The predicted molar refractivity (Wildman–Crippen MR) is 153 cm³/mol. The zero-order chi connectivity index (χ0) is 26.6. The van der Waals surface area contributed by atoms with Gasteiger partial charge in [-0.3, -0.25) is 4.79 Å². The lowest BCUT2D eigenvalue weighted by molar-refractivity contribution is -0.124. The monoisotopic (exact) mass is 537 g/mol. The number of fused-ring (bicyclic) bond motifs is 1. The van der Waals surface area contributed by atoms with E-state index in [1.807, 2.05) is 52.0 Å². The Morgan fingerprint density at radius 2 is 1.81 bits per heavy atom. The van der Waals surface area contributed by atoms with Crippen molar-refractivity contribution in [3.63, 3.8) is 0 Å². The van der Waals surface area contributed by atoms with Crippen molar-refractivity contribution in [1.29, 1.82) is 0 Å².